The van der Waals surface area contributed by atoms with E-state index >= 15 is 0 Å². The van der Waals surface area contributed by atoms with Crippen LogP contribution in [0.4, 0.5) is 0 Å². The van der Waals surface area contributed by atoms with Gasteiger partial charge in [0.15, 0.2) is 0 Å². The highest BCUT2D eigenvalue weighted by atomic mass is 16.4. The van der Waals surface area contributed by atoms with Crippen molar-refractivity contribution in [3.63, 3.8) is 0 Å². The summed E-state index contributed by atoms with van der Waals surface area (Å²) >= 11 is 0. The first-order chi connectivity index (χ1) is 12.1. The molecule has 5 heteroatoms. The van der Waals surface area contributed by atoms with Gasteiger partial charge in [-0.25, -0.2) is 4.79 Å². The van der Waals surface area contributed by atoms with E-state index in [1.54, 1.807) is 28.8 Å². The Morgan fingerprint density at radius 3 is 2.48 bits per heavy atom. The number of carboxylic acid groups (broad SMARTS) is 1. The molecule has 0 aliphatic heterocycles. The first-order valence-corrected chi connectivity index (χ1v) is 7.77. The molecule has 0 spiro atoms. The van der Waals surface area contributed by atoms with Crippen LogP contribution in [0.25, 0.3) is 27.4 Å². The second-order valence-electron chi connectivity index (χ2n) is 5.86. The maximum Gasteiger partial charge on any atom is 0.352 e. The Morgan fingerprint density at radius 1 is 0.960 bits per heavy atom. The molecule has 4 rings (SSSR count). The van der Waals surface area contributed by atoms with Crippen LogP contribution in [0.3, 0.4) is 0 Å². The highest BCUT2D eigenvalue weighted by Gasteiger charge is 2.18. The summed E-state index contributed by atoms with van der Waals surface area (Å²) in [5.74, 6) is -1.06. The molecule has 0 bridgehead atoms. The number of fused-ring (bicyclic) bond motifs is 2. The first-order valence-electron chi connectivity index (χ1n) is 7.77. The van der Waals surface area contributed by atoms with Gasteiger partial charge >= 0.3 is 5.97 Å². The van der Waals surface area contributed by atoms with Crippen LogP contribution < -0.4 is 5.73 Å². The van der Waals surface area contributed by atoms with Crippen LogP contribution in [0.1, 0.15) is 16.1 Å². The van der Waals surface area contributed by atoms with Crippen LogP contribution in [0.15, 0.2) is 66.7 Å². The van der Waals surface area contributed by atoms with Crippen molar-refractivity contribution in [2.24, 2.45) is 5.73 Å². The summed E-state index contributed by atoms with van der Waals surface area (Å²) < 4.78 is 1.71. The molecule has 0 radical (unpaired) electrons. The Balaban J connectivity index is 2.14. The molecule has 0 saturated heterocycles. The largest absolute Gasteiger partial charge is 0.477 e. The van der Waals surface area contributed by atoms with Gasteiger partial charge in [0.05, 0.1) is 11.2 Å². The Morgan fingerprint density at radius 2 is 1.72 bits per heavy atom. The molecule has 0 fully saturated rings. The molecule has 0 aliphatic rings. The van der Waals surface area contributed by atoms with Crippen LogP contribution in [-0.4, -0.2) is 21.5 Å². The predicted molar refractivity (Wildman–Crippen MR) is 98.8 cm³/mol. The van der Waals surface area contributed by atoms with Gasteiger partial charge in [-0.15, -0.1) is 0 Å². The topological polar surface area (TPSA) is 92.1 Å². The van der Waals surface area contributed by atoms with E-state index in [1.165, 1.54) is 0 Å². The average molecular weight is 329 g/mol. The quantitative estimate of drug-likeness (QED) is 0.394. The number of carboxylic acids is 1. The van der Waals surface area contributed by atoms with E-state index < -0.39 is 5.97 Å². The summed E-state index contributed by atoms with van der Waals surface area (Å²) in [6, 6.07) is 20.6. The molecule has 25 heavy (non-hydrogen) atoms. The number of amidine groups is 1. The number of benzene rings is 3. The molecule has 0 atom stereocenters. The number of aromatic nitrogens is 1. The van der Waals surface area contributed by atoms with Gasteiger partial charge in [-0.05, 0) is 23.6 Å². The van der Waals surface area contributed by atoms with Gasteiger partial charge in [-0.1, -0.05) is 48.5 Å². The van der Waals surface area contributed by atoms with Crippen molar-refractivity contribution in [2.45, 2.75) is 0 Å². The molecule has 3 aromatic carbocycles. The zero-order valence-corrected chi connectivity index (χ0v) is 13.2. The van der Waals surface area contributed by atoms with Gasteiger partial charge in [0.25, 0.3) is 0 Å². The van der Waals surface area contributed by atoms with E-state index in [9.17, 15) is 9.90 Å². The number of hydrogen-bond acceptors (Lipinski definition) is 2. The number of nitrogens with one attached hydrogen (secondary N) is 1. The minimum Gasteiger partial charge on any atom is -0.477 e. The van der Waals surface area contributed by atoms with Crippen LogP contribution in [0.2, 0.25) is 0 Å². The van der Waals surface area contributed by atoms with Gasteiger partial charge in [0.1, 0.15) is 11.5 Å². The summed E-state index contributed by atoms with van der Waals surface area (Å²) in [6.07, 6.45) is 0. The van der Waals surface area contributed by atoms with Gasteiger partial charge in [-0.2, -0.15) is 0 Å². The Hall–Kier alpha value is -3.60. The zero-order chi connectivity index (χ0) is 17.6. The predicted octanol–water partition coefficient (Wildman–Crippen LogP) is 3.77. The van der Waals surface area contributed by atoms with Crippen molar-refractivity contribution in [2.75, 3.05) is 0 Å². The number of carbonyl (C=O) groups is 1. The smallest absolute Gasteiger partial charge is 0.352 e. The van der Waals surface area contributed by atoms with E-state index in [2.05, 4.69) is 0 Å². The number of rotatable bonds is 3. The van der Waals surface area contributed by atoms with E-state index in [0.29, 0.717) is 11.1 Å². The molecule has 1 heterocycles. The third-order valence-corrected chi connectivity index (χ3v) is 4.34. The van der Waals surface area contributed by atoms with Gasteiger partial charge in [0, 0.05) is 16.3 Å². The molecule has 4 aromatic rings. The van der Waals surface area contributed by atoms with Crippen molar-refractivity contribution in [3.8, 4) is 5.69 Å². The summed E-state index contributed by atoms with van der Waals surface area (Å²) in [7, 11) is 0. The second kappa shape index (κ2) is 5.49. The highest BCUT2D eigenvalue weighted by molar-refractivity contribution is 6.03. The van der Waals surface area contributed by atoms with Crippen molar-refractivity contribution < 1.29 is 9.90 Å². The van der Waals surface area contributed by atoms with Crippen LogP contribution >= 0.6 is 0 Å². The molecule has 4 N–H and O–H groups in total. The van der Waals surface area contributed by atoms with Crippen LogP contribution in [-0.2, 0) is 0 Å². The molecular formula is C20H15N3O2. The lowest BCUT2D eigenvalue weighted by Gasteiger charge is -2.12. The normalized spacial score (nSPS) is 11.0. The zero-order valence-electron chi connectivity index (χ0n) is 13.2. The van der Waals surface area contributed by atoms with E-state index in [4.69, 9.17) is 11.1 Å². The molecule has 0 aliphatic carbocycles. The highest BCUT2D eigenvalue weighted by Crippen LogP contribution is 2.30. The maximum atomic E-state index is 11.8. The first kappa shape index (κ1) is 15.0. The number of aromatic carboxylic acids is 1. The van der Waals surface area contributed by atoms with E-state index in [1.807, 2.05) is 42.5 Å². The molecule has 122 valence electrons. The third-order valence-electron chi connectivity index (χ3n) is 4.34. The molecule has 1 aromatic heterocycles. The standard InChI is InChI=1S/C20H15N3O2/c21-19(22)14-9-8-13-10-18(20(24)25)23(17(13)11-14)16-7-3-5-12-4-1-2-6-15(12)16/h1-11H,(H3,21,22)(H,24,25). The average Bonchev–Trinajstić information content (AvgIpc) is 3.00. The minimum absolute atomic E-state index is 0.0514. The summed E-state index contributed by atoms with van der Waals surface area (Å²) in [6.45, 7) is 0. The number of nitrogens with zero attached hydrogens (tertiary/aromatic N) is 1. The molecule has 0 amide bonds. The molecule has 0 saturated carbocycles. The van der Waals surface area contributed by atoms with Crippen LogP contribution in [0, 0.1) is 5.41 Å². The minimum atomic E-state index is -1.01. The van der Waals surface area contributed by atoms with Gasteiger partial charge in [0.2, 0.25) is 0 Å². The Bertz CT molecular complexity index is 1150. The molecule has 0 unspecified atom stereocenters. The summed E-state index contributed by atoms with van der Waals surface area (Å²) in [5.41, 5.74) is 7.83. The summed E-state index contributed by atoms with van der Waals surface area (Å²) in [4.78, 5) is 11.8. The Kier molecular flexibility index (Phi) is 3.28. The number of nitrogens with two attached hydrogens (primary N) is 1. The number of hydrogen-bond donors (Lipinski definition) is 3. The van der Waals surface area contributed by atoms with Crippen LogP contribution in [0.5, 0.6) is 0 Å². The van der Waals surface area contributed by atoms with E-state index in [0.717, 1.165) is 21.8 Å². The van der Waals surface area contributed by atoms with Crippen molar-refractivity contribution in [1.82, 2.24) is 4.57 Å². The lowest BCUT2D eigenvalue weighted by atomic mass is 10.1. The van der Waals surface area contributed by atoms with Crippen molar-refractivity contribution in [3.05, 3.63) is 78.0 Å². The lowest BCUT2D eigenvalue weighted by molar-refractivity contribution is 0.0688. The Labute approximate surface area is 143 Å². The maximum absolute atomic E-state index is 11.8. The number of nitrogen functional groups attached to an aromatic ring is 1. The fourth-order valence-electron chi connectivity index (χ4n) is 3.19. The molecular weight excluding hydrogens is 314 g/mol. The lowest BCUT2D eigenvalue weighted by Crippen LogP contribution is -2.11. The second-order valence-corrected chi connectivity index (χ2v) is 5.86. The van der Waals surface area contributed by atoms with Crippen molar-refractivity contribution >= 4 is 33.5 Å². The van der Waals surface area contributed by atoms with Gasteiger partial charge < -0.3 is 15.4 Å². The SMILES string of the molecule is N=C(N)c1ccc2cc(C(=O)O)n(-c3cccc4ccccc34)c2c1. The monoisotopic (exact) mass is 329 g/mol. The van der Waals surface area contributed by atoms with Gasteiger partial charge in [-0.3, -0.25) is 5.41 Å². The fourth-order valence-corrected chi connectivity index (χ4v) is 3.19. The molecule has 5 nitrogen and oxygen atoms in total. The fraction of sp³-hybridized carbons (Fsp3) is 0. The third kappa shape index (κ3) is 2.33. The summed E-state index contributed by atoms with van der Waals surface area (Å²) in [5, 5.41) is 20.1. The van der Waals surface area contributed by atoms with E-state index in [-0.39, 0.29) is 11.5 Å². The van der Waals surface area contributed by atoms with Crippen molar-refractivity contribution in [1.29, 1.82) is 5.41 Å².